The first-order valence-corrected chi connectivity index (χ1v) is 7.82. The number of fused-ring (bicyclic) bond motifs is 1. The largest absolute Gasteiger partial charge is 0.454 e. The van der Waals surface area contributed by atoms with Crippen LogP contribution in [-0.2, 0) is 6.54 Å². The molecule has 0 saturated carbocycles. The molecule has 6 nitrogen and oxygen atoms in total. The van der Waals surface area contributed by atoms with Crippen molar-refractivity contribution in [1.29, 1.82) is 0 Å². The highest BCUT2D eigenvalue weighted by atomic mass is 16.7. The third kappa shape index (κ3) is 2.90. The Morgan fingerprint density at radius 1 is 1.09 bits per heavy atom. The Balaban J connectivity index is 1.34. The molecule has 0 aliphatic carbocycles. The van der Waals surface area contributed by atoms with Crippen molar-refractivity contribution in [2.24, 2.45) is 0 Å². The summed E-state index contributed by atoms with van der Waals surface area (Å²) in [5.74, 6) is 1.74. The van der Waals surface area contributed by atoms with Gasteiger partial charge in [0.25, 0.3) is 5.91 Å². The monoisotopic (exact) mass is 313 g/mol. The predicted molar refractivity (Wildman–Crippen MR) is 84.5 cm³/mol. The number of carbonyl (C=O) groups excluding carboxylic acids is 1. The number of carbonyl (C=O) groups is 1. The van der Waals surface area contributed by atoms with Gasteiger partial charge in [0.2, 0.25) is 6.79 Å². The van der Waals surface area contributed by atoms with E-state index in [2.05, 4.69) is 16.0 Å². The summed E-state index contributed by atoms with van der Waals surface area (Å²) in [5, 5.41) is 0. The molecule has 4 rings (SSSR count). The molecule has 1 aromatic carbocycles. The topological polar surface area (TPSA) is 57.8 Å². The Labute approximate surface area is 134 Å². The fraction of sp³-hybridized carbons (Fsp3) is 0.353. The molecule has 1 aromatic heterocycles. The molecule has 1 amide bonds. The maximum absolute atomic E-state index is 12.3. The van der Waals surface area contributed by atoms with Crippen LogP contribution in [0, 0.1) is 0 Å². The second-order valence-electron chi connectivity index (χ2n) is 5.86. The highest BCUT2D eigenvalue weighted by Crippen LogP contribution is 2.32. The minimum Gasteiger partial charge on any atom is -0.454 e. The van der Waals surface area contributed by atoms with Crippen LogP contribution in [0.25, 0.3) is 0 Å². The lowest BCUT2D eigenvalue weighted by molar-refractivity contribution is 0.0628. The lowest BCUT2D eigenvalue weighted by Crippen LogP contribution is -2.48. The number of ether oxygens (including phenoxy) is 2. The molecule has 120 valence electrons. The zero-order valence-corrected chi connectivity index (χ0v) is 12.8. The van der Waals surface area contributed by atoms with Gasteiger partial charge in [0.15, 0.2) is 11.5 Å². The second-order valence-corrected chi connectivity index (χ2v) is 5.86. The van der Waals surface area contributed by atoms with Gasteiger partial charge < -0.3 is 19.4 Å². The molecule has 3 heterocycles. The van der Waals surface area contributed by atoms with Crippen molar-refractivity contribution in [3.8, 4) is 11.5 Å². The smallest absolute Gasteiger partial charge is 0.255 e. The van der Waals surface area contributed by atoms with Crippen molar-refractivity contribution in [3.63, 3.8) is 0 Å². The minimum atomic E-state index is 0.106. The van der Waals surface area contributed by atoms with E-state index in [1.54, 1.807) is 12.4 Å². The number of aromatic amines is 1. The molecule has 23 heavy (non-hydrogen) atoms. The normalized spacial score (nSPS) is 17.5. The molecule has 0 bridgehead atoms. The van der Waals surface area contributed by atoms with E-state index < -0.39 is 0 Å². The average Bonchev–Trinajstić information content (AvgIpc) is 3.26. The van der Waals surface area contributed by atoms with E-state index in [0.29, 0.717) is 6.79 Å². The van der Waals surface area contributed by atoms with E-state index >= 15 is 0 Å². The molecule has 6 heteroatoms. The van der Waals surface area contributed by atoms with Gasteiger partial charge >= 0.3 is 0 Å². The molecule has 2 aliphatic heterocycles. The van der Waals surface area contributed by atoms with E-state index in [1.165, 1.54) is 5.56 Å². The number of nitrogens with zero attached hydrogens (tertiary/aromatic N) is 2. The lowest BCUT2D eigenvalue weighted by Gasteiger charge is -2.34. The number of benzene rings is 1. The van der Waals surface area contributed by atoms with Crippen LogP contribution in [0.15, 0.2) is 36.7 Å². The van der Waals surface area contributed by atoms with Crippen LogP contribution in [0.2, 0.25) is 0 Å². The molecule has 0 radical (unpaired) electrons. The quantitative estimate of drug-likeness (QED) is 0.937. The standard InChI is InChI=1S/C17H19N3O3/c21-17(14-3-4-18-10-14)20-7-5-19(6-8-20)11-13-1-2-15-16(9-13)23-12-22-15/h1-4,9-10,18H,5-8,11-12H2. The number of hydrogen-bond acceptors (Lipinski definition) is 4. The van der Waals surface area contributed by atoms with Crippen LogP contribution in [0.3, 0.4) is 0 Å². The summed E-state index contributed by atoms with van der Waals surface area (Å²) in [6.07, 6.45) is 3.53. The first kappa shape index (κ1) is 14.1. The fourth-order valence-electron chi connectivity index (χ4n) is 3.05. The molecule has 1 fully saturated rings. The van der Waals surface area contributed by atoms with E-state index in [1.807, 2.05) is 23.1 Å². The summed E-state index contributed by atoms with van der Waals surface area (Å²) in [6, 6.07) is 7.90. The van der Waals surface area contributed by atoms with E-state index in [-0.39, 0.29) is 5.91 Å². The lowest BCUT2D eigenvalue weighted by atomic mass is 10.1. The molecule has 0 unspecified atom stereocenters. The number of hydrogen-bond donors (Lipinski definition) is 1. The van der Waals surface area contributed by atoms with Crippen molar-refractivity contribution in [3.05, 3.63) is 47.8 Å². The zero-order valence-electron chi connectivity index (χ0n) is 12.8. The SMILES string of the molecule is O=C(c1cc[nH]c1)N1CCN(Cc2ccc3c(c2)OCO3)CC1. The van der Waals surface area contributed by atoms with Crippen LogP contribution in [0.4, 0.5) is 0 Å². The van der Waals surface area contributed by atoms with E-state index in [0.717, 1.165) is 49.8 Å². The number of piperazine rings is 1. The summed E-state index contributed by atoms with van der Waals surface area (Å²) in [4.78, 5) is 19.5. The first-order chi connectivity index (χ1) is 11.3. The molecular weight excluding hydrogens is 294 g/mol. The van der Waals surface area contributed by atoms with Gasteiger partial charge in [-0.25, -0.2) is 0 Å². The molecule has 1 saturated heterocycles. The number of H-pyrrole nitrogens is 1. The van der Waals surface area contributed by atoms with Gasteiger partial charge in [0.05, 0.1) is 5.56 Å². The van der Waals surface area contributed by atoms with Gasteiger partial charge in [-0.2, -0.15) is 0 Å². The number of aromatic nitrogens is 1. The molecule has 0 spiro atoms. The molecule has 0 atom stereocenters. The molecule has 2 aliphatic rings. The van der Waals surface area contributed by atoms with Crippen molar-refractivity contribution < 1.29 is 14.3 Å². The van der Waals surface area contributed by atoms with E-state index in [4.69, 9.17) is 9.47 Å². The van der Waals surface area contributed by atoms with Crippen LogP contribution < -0.4 is 9.47 Å². The average molecular weight is 313 g/mol. The Kier molecular flexibility index (Phi) is 3.67. The summed E-state index contributed by atoms with van der Waals surface area (Å²) < 4.78 is 10.8. The highest BCUT2D eigenvalue weighted by Gasteiger charge is 2.23. The summed E-state index contributed by atoms with van der Waals surface area (Å²) in [7, 11) is 0. The van der Waals surface area contributed by atoms with Crippen LogP contribution >= 0.6 is 0 Å². The Morgan fingerprint density at radius 3 is 2.70 bits per heavy atom. The molecular formula is C17H19N3O3. The predicted octanol–water partition coefficient (Wildman–Crippen LogP) is 1.70. The third-order valence-electron chi connectivity index (χ3n) is 4.35. The minimum absolute atomic E-state index is 0.106. The zero-order chi connectivity index (χ0) is 15.6. The Morgan fingerprint density at radius 2 is 1.91 bits per heavy atom. The van der Waals surface area contributed by atoms with Crippen molar-refractivity contribution in [2.75, 3.05) is 33.0 Å². The van der Waals surface area contributed by atoms with Gasteiger partial charge in [0.1, 0.15) is 0 Å². The van der Waals surface area contributed by atoms with Gasteiger partial charge in [-0.15, -0.1) is 0 Å². The summed E-state index contributed by atoms with van der Waals surface area (Å²) in [6.45, 7) is 4.44. The van der Waals surface area contributed by atoms with Gasteiger partial charge in [-0.05, 0) is 23.8 Å². The number of rotatable bonds is 3. The molecule has 2 aromatic rings. The number of amides is 1. The maximum Gasteiger partial charge on any atom is 0.255 e. The third-order valence-corrected chi connectivity index (χ3v) is 4.35. The molecule has 1 N–H and O–H groups in total. The van der Waals surface area contributed by atoms with Crippen molar-refractivity contribution >= 4 is 5.91 Å². The second kappa shape index (κ2) is 5.96. The maximum atomic E-state index is 12.3. The highest BCUT2D eigenvalue weighted by molar-refractivity contribution is 5.94. The summed E-state index contributed by atoms with van der Waals surface area (Å²) >= 11 is 0. The first-order valence-electron chi connectivity index (χ1n) is 7.82. The van der Waals surface area contributed by atoms with Gasteiger partial charge in [-0.3, -0.25) is 9.69 Å². The van der Waals surface area contributed by atoms with Crippen LogP contribution in [0.1, 0.15) is 15.9 Å². The van der Waals surface area contributed by atoms with Crippen LogP contribution in [-0.4, -0.2) is 53.7 Å². The Bertz CT molecular complexity index is 691. The van der Waals surface area contributed by atoms with E-state index in [9.17, 15) is 4.79 Å². The van der Waals surface area contributed by atoms with Crippen LogP contribution in [0.5, 0.6) is 11.5 Å². The van der Waals surface area contributed by atoms with Gasteiger partial charge in [0, 0.05) is 45.1 Å². The Hall–Kier alpha value is -2.47. The summed E-state index contributed by atoms with van der Waals surface area (Å²) in [5.41, 5.74) is 1.94. The fourth-order valence-corrected chi connectivity index (χ4v) is 3.05. The number of nitrogens with one attached hydrogen (secondary N) is 1. The van der Waals surface area contributed by atoms with Crippen molar-refractivity contribution in [1.82, 2.24) is 14.8 Å². The van der Waals surface area contributed by atoms with Crippen molar-refractivity contribution in [2.45, 2.75) is 6.54 Å². The van der Waals surface area contributed by atoms with Gasteiger partial charge in [-0.1, -0.05) is 6.07 Å².